The Hall–Kier alpha value is -0.570. The van der Waals surface area contributed by atoms with E-state index in [4.69, 9.17) is 5.73 Å². The highest BCUT2D eigenvalue weighted by atomic mass is 16.2. The van der Waals surface area contributed by atoms with E-state index in [1.54, 1.807) is 6.92 Å². The first kappa shape index (κ1) is 9.52. The van der Waals surface area contributed by atoms with Crippen molar-refractivity contribution < 1.29 is 4.79 Å². The number of hydrogen-bond acceptors (Lipinski definition) is 2. The van der Waals surface area contributed by atoms with Crippen LogP contribution >= 0.6 is 0 Å². The lowest BCUT2D eigenvalue weighted by Gasteiger charge is -2.06. The number of carbonyl (C=O) groups excluding carboxylic acids is 1. The van der Waals surface area contributed by atoms with E-state index in [0.717, 1.165) is 18.9 Å². The molecule has 0 aromatic carbocycles. The van der Waals surface area contributed by atoms with E-state index in [1.807, 2.05) is 0 Å². The van der Waals surface area contributed by atoms with E-state index in [9.17, 15) is 4.79 Å². The minimum absolute atomic E-state index is 0.0363. The van der Waals surface area contributed by atoms with Gasteiger partial charge in [-0.3, -0.25) is 4.79 Å². The molecule has 1 aliphatic carbocycles. The SMILES string of the molecule is C[C@@H](N)C(=O)NCCCC1CC1. The summed E-state index contributed by atoms with van der Waals surface area (Å²) in [6.07, 6.45) is 5.14. The van der Waals surface area contributed by atoms with Crippen molar-refractivity contribution in [2.45, 2.75) is 38.6 Å². The minimum atomic E-state index is -0.370. The van der Waals surface area contributed by atoms with Crippen LogP contribution in [0.1, 0.15) is 32.6 Å². The van der Waals surface area contributed by atoms with E-state index in [0.29, 0.717) is 0 Å². The van der Waals surface area contributed by atoms with Gasteiger partial charge in [-0.1, -0.05) is 12.8 Å². The lowest BCUT2D eigenvalue weighted by Crippen LogP contribution is -2.38. The van der Waals surface area contributed by atoms with Gasteiger partial charge in [-0.15, -0.1) is 0 Å². The van der Waals surface area contributed by atoms with Gasteiger partial charge in [0.2, 0.25) is 5.91 Å². The lowest BCUT2D eigenvalue weighted by atomic mass is 10.2. The molecule has 0 aromatic heterocycles. The maximum Gasteiger partial charge on any atom is 0.236 e. The summed E-state index contributed by atoms with van der Waals surface area (Å²) in [6.45, 7) is 2.49. The molecular weight excluding hydrogens is 152 g/mol. The molecule has 70 valence electrons. The number of hydrogen-bond donors (Lipinski definition) is 2. The van der Waals surface area contributed by atoms with Crippen LogP contribution < -0.4 is 11.1 Å². The summed E-state index contributed by atoms with van der Waals surface area (Å²) < 4.78 is 0. The van der Waals surface area contributed by atoms with Crippen LogP contribution in [0.3, 0.4) is 0 Å². The van der Waals surface area contributed by atoms with Crippen molar-refractivity contribution in [2.24, 2.45) is 11.7 Å². The molecule has 3 N–H and O–H groups in total. The fourth-order valence-electron chi connectivity index (χ4n) is 1.17. The summed E-state index contributed by atoms with van der Waals surface area (Å²) in [6, 6.07) is -0.370. The summed E-state index contributed by atoms with van der Waals surface area (Å²) in [4.78, 5) is 11.0. The van der Waals surface area contributed by atoms with Crippen molar-refractivity contribution in [2.75, 3.05) is 6.54 Å². The Balaban J connectivity index is 1.90. The fourth-order valence-corrected chi connectivity index (χ4v) is 1.17. The molecule has 0 heterocycles. The van der Waals surface area contributed by atoms with Crippen LogP contribution in [0.15, 0.2) is 0 Å². The van der Waals surface area contributed by atoms with Crippen LogP contribution in [-0.2, 0) is 4.79 Å². The van der Waals surface area contributed by atoms with Crippen LogP contribution in [0.5, 0.6) is 0 Å². The van der Waals surface area contributed by atoms with Crippen molar-refractivity contribution in [1.29, 1.82) is 0 Å². The van der Waals surface area contributed by atoms with Gasteiger partial charge in [-0.2, -0.15) is 0 Å². The van der Waals surface area contributed by atoms with Crippen molar-refractivity contribution in [1.82, 2.24) is 5.32 Å². The molecule has 1 aliphatic rings. The average Bonchev–Trinajstić information content (AvgIpc) is 2.80. The van der Waals surface area contributed by atoms with Gasteiger partial charge in [-0.25, -0.2) is 0 Å². The Bertz CT molecular complexity index is 153. The molecule has 1 atom stereocenters. The van der Waals surface area contributed by atoms with E-state index < -0.39 is 0 Å². The highest BCUT2D eigenvalue weighted by Crippen LogP contribution is 2.33. The molecule has 0 saturated heterocycles. The number of rotatable bonds is 5. The minimum Gasteiger partial charge on any atom is -0.355 e. The molecular formula is C9H18N2O. The van der Waals surface area contributed by atoms with E-state index in [2.05, 4.69) is 5.32 Å². The van der Waals surface area contributed by atoms with Gasteiger partial charge in [0, 0.05) is 6.54 Å². The van der Waals surface area contributed by atoms with Crippen LogP contribution in [-0.4, -0.2) is 18.5 Å². The number of carbonyl (C=O) groups is 1. The first-order chi connectivity index (χ1) is 5.70. The lowest BCUT2D eigenvalue weighted by molar-refractivity contribution is -0.121. The Kier molecular flexibility index (Phi) is 3.53. The molecule has 1 saturated carbocycles. The summed E-state index contributed by atoms with van der Waals surface area (Å²) in [5.74, 6) is 0.919. The van der Waals surface area contributed by atoms with Gasteiger partial charge < -0.3 is 11.1 Å². The molecule has 1 fully saturated rings. The van der Waals surface area contributed by atoms with E-state index >= 15 is 0 Å². The predicted octanol–water partition coefficient (Wildman–Crippen LogP) is 0.640. The summed E-state index contributed by atoms with van der Waals surface area (Å²) in [5, 5.41) is 2.80. The normalized spacial score (nSPS) is 18.8. The predicted molar refractivity (Wildman–Crippen MR) is 48.6 cm³/mol. The second-order valence-electron chi connectivity index (χ2n) is 3.67. The van der Waals surface area contributed by atoms with Crippen molar-refractivity contribution in [3.63, 3.8) is 0 Å². The monoisotopic (exact) mass is 170 g/mol. The second-order valence-corrected chi connectivity index (χ2v) is 3.67. The van der Waals surface area contributed by atoms with Crippen molar-refractivity contribution in [3.8, 4) is 0 Å². The van der Waals surface area contributed by atoms with Crippen molar-refractivity contribution >= 4 is 5.91 Å². The van der Waals surface area contributed by atoms with Gasteiger partial charge in [0.05, 0.1) is 6.04 Å². The van der Waals surface area contributed by atoms with Crippen LogP contribution in [0.4, 0.5) is 0 Å². The molecule has 3 heteroatoms. The van der Waals surface area contributed by atoms with Gasteiger partial charge in [0.1, 0.15) is 0 Å². The average molecular weight is 170 g/mol. The highest BCUT2D eigenvalue weighted by Gasteiger charge is 2.20. The number of amides is 1. The maximum absolute atomic E-state index is 11.0. The molecule has 0 bridgehead atoms. The summed E-state index contributed by atoms with van der Waals surface area (Å²) >= 11 is 0. The number of nitrogens with two attached hydrogens (primary N) is 1. The highest BCUT2D eigenvalue weighted by molar-refractivity contribution is 5.80. The number of nitrogens with one attached hydrogen (secondary N) is 1. The second kappa shape index (κ2) is 4.45. The maximum atomic E-state index is 11.0. The first-order valence-corrected chi connectivity index (χ1v) is 4.73. The van der Waals surface area contributed by atoms with Crippen molar-refractivity contribution in [3.05, 3.63) is 0 Å². The third-order valence-corrected chi connectivity index (χ3v) is 2.20. The van der Waals surface area contributed by atoms with Gasteiger partial charge in [-0.05, 0) is 25.7 Å². The van der Waals surface area contributed by atoms with Gasteiger partial charge in [0.15, 0.2) is 0 Å². The quantitative estimate of drug-likeness (QED) is 0.595. The Labute approximate surface area is 73.7 Å². The topological polar surface area (TPSA) is 55.1 Å². The molecule has 12 heavy (non-hydrogen) atoms. The summed E-state index contributed by atoms with van der Waals surface area (Å²) in [7, 11) is 0. The Morgan fingerprint density at radius 3 is 2.83 bits per heavy atom. The molecule has 1 amide bonds. The standard InChI is InChI=1S/C9H18N2O/c1-7(10)9(12)11-6-2-3-8-4-5-8/h7-8H,2-6,10H2,1H3,(H,11,12)/t7-/m1/s1. The van der Waals surface area contributed by atoms with Crippen LogP contribution in [0.25, 0.3) is 0 Å². The van der Waals surface area contributed by atoms with E-state index in [1.165, 1.54) is 19.3 Å². The van der Waals surface area contributed by atoms with Gasteiger partial charge >= 0.3 is 0 Å². The summed E-state index contributed by atoms with van der Waals surface area (Å²) in [5.41, 5.74) is 5.38. The molecule has 0 aliphatic heterocycles. The zero-order chi connectivity index (χ0) is 8.97. The first-order valence-electron chi connectivity index (χ1n) is 4.73. The molecule has 0 spiro atoms. The zero-order valence-corrected chi connectivity index (χ0v) is 7.68. The molecule has 1 rings (SSSR count). The molecule has 3 nitrogen and oxygen atoms in total. The van der Waals surface area contributed by atoms with Crippen LogP contribution in [0, 0.1) is 5.92 Å². The molecule has 0 aromatic rings. The van der Waals surface area contributed by atoms with E-state index in [-0.39, 0.29) is 11.9 Å². The largest absolute Gasteiger partial charge is 0.355 e. The Morgan fingerprint density at radius 2 is 2.33 bits per heavy atom. The zero-order valence-electron chi connectivity index (χ0n) is 7.68. The molecule has 0 unspecified atom stereocenters. The third-order valence-electron chi connectivity index (χ3n) is 2.20. The fraction of sp³-hybridized carbons (Fsp3) is 0.889. The molecule has 0 radical (unpaired) electrons. The van der Waals surface area contributed by atoms with Gasteiger partial charge in [0.25, 0.3) is 0 Å². The van der Waals surface area contributed by atoms with Crippen LogP contribution in [0.2, 0.25) is 0 Å². The Morgan fingerprint density at radius 1 is 1.67 bits per heavy atom. The third kappa shape index (κ3) is 3.72. The smallest absolute Gasteiger partial charge is 0.236 e.